The molecule has 0 atom stereocenters. The fourth-order valence-corrected chi connectivity index (χ4v) is 2.25. The number of aromatic amines is 1. The van der Waals surface area contributed by atoms with E-state index in [0.717, 1.165) is 11.1 Å². The lowest BCUT2D eigenvalue weighted by atomic mass is 10.0. The molecule has 0 saturated carbocycles. The summed E-state index contributed by atoms with van der Waals surface area (Å²) in [6.07, 6.45) is 1.50. The standard InChI is InChI=1S/C17H13NO2/c1-11-7-8-13-15(9-11)18-10-14(17(13)20)16(19)12-5-3-2-4-6-12/h2-10H,1H3,(H,18,20). The minimum absolute atomic E-state index is 0.174. The fraction of sp³-hybridized carbons (Fsp3) is 0.0588. The summed E-state index contributed by atoms with van der Waals surface area (Å²) in [5, 5.41) is 0.539. The van der Waals surface area contributed by atoms with Crippen molar-refractivity contribution in [3.05, 3.63) is 81.6 Å². The summed E-state index contributed by atoms with van der Waals surface area (Å²) in [6.45, 7) is 1.96. The summed E-state index contributed by atoms with van der Waals surface area (Å²) in [5.41, 5.74) is 2.28. The summed E-state index contributed by atoms with van der Waals surface area (Å²) in [5.74, 6) is -0.255. The number of hydrogen-bond donors (Lipinski definition) is 1. The SMILES string of the molecule is Cc1ccc2c(=O)c(C(=O)c3ccccc3)c[nH]c2c1. The minimum Gasteiger partial charge on any atom is -0.360 e. The predicted octanol–water partition coefficient (Wildman–Crippen LogP) is 3.07. The number of fused-ring (bicyclic) bond motifs is 1. The maximum atomic E-state index is 12.4. The average molecular weight is 263 g/mol. The van der Waals surface area contributed by atoms with Crippen molar-refractivity contribution >= 4 is 16.7 Å². The highest BCUT2D eigenvalue weighted by Gasteiger charge is 2.14. The molecule has 0 radical (unpaired) electrons. The van der Waals surface area contributed by atoms with Crippen LogP contribution >= 0.6 is 0 Å². The zero-order valence-corrected chi connectivity index (χ0v) is 11.0. The van der Waals surface area contributed by atoms with Crippen LogP contribution in [-0.2, 0) is 0 Å². The number of nitrogens with one attached hydrogen (secondary N) is 1. The highest BCUT2D eigenvalue weighted by atomic mass is 16.1. The quantitative estimate of drug-likeness (QED) is 0.722. The van der Waals surface area contributed by atoms with E-state index in [0.29, 0.717) is 10.9 Å². The van der Waals surface area contributed by atoms with Crippen molar-refractivity contribution in [2.75, 3.05) is 0 Å². The molecule has 0 unspecified atom stereocenters. The van der Waals surface area contributed by atoms with Gasteiger partial charge in [0, 0.05) is 22.7 Å². The van der Waals surface area contributed by atoms with Crippen LogP contribution in [0.4, 0.5) is 0 Å². The van der Waals surface area contributed by atoms with E-state index in [-0.39, 0.29) is 16.8 Å². The first kappa shape index (κ1) is 12.4. The third-order valence-electron chi connectivity index (χ3n) is 3.32. The van der Waals surface area contributed by atoms with Gasteiger partial charge in [-0.05, 0) is 24.6 Å². The lowest BCUT2D eigenvalue weighted by Crippen LogP contribution is -2.16. The Morgan fingerprint density at radius 2 is 1.80 bits per heavy atom. The number of carbonyl (C=O) groups is 1. The van der Waals surface area contributed by atoms with E-state index in [1.165, 1.54) is 6.20 Å². The maximum absolute atomic E-state index is 12.4. The lowest BCUT2D eigenvalue weighted by Gasteiger charge is -2.04. The molecule has 1 aromatic heterocycles. The van der Waals surface area contributed by atoms with E-state index in [1.54, 1.807) is 30.3 Å². The summed E-state index contributed by atoms with van der Waals surface area (Å²) in [4.78, 5) is 27.8. The molecule has 3 aromatic rings. The van der Waals surface area contributed by atoms with Crippen molar-refractivity contribution in [2.45, 2.75) is 6.92 Å². The number of pyridine rings is 1. The van der Waals surface area contributed by atoms with Crippen LogP contribution in [0.25, 0.3) is 10.9 Å². The van der Waals surface area contributed by atoms with Crippen LogP contribution in [0.15, 0.2) is 59.5 Å². The molecule has 2 aromatic carbocycles. The normalized spacial score (nSPS) is 10.7. The maximum Gasteiger partial charge on any atom is 0.200 e. The Labute approximate surface area is 115 Å². The van der Waals surface area contributed by atoms with Gasteiger partial charge in [0.1, 0.15) is 0 Å². The molecule has 1 heterocycles. The first-order chi connectivity index (χ1) is 9.66. The van der Waals surface area contributed by atoms with E-state index in [9.17, 15) is 9.59 Å². The predicted molar refractivity (Wildman–Crippen MR) is 79.2 cm³/mol. The van der Waals surface area contributed by atoms with Crippen LogP contribution < -0.4 is 5.43 Å². The molecule has 3 heteroatoms. The number of carbonyl (C=O) groups excluding carboxylic acids is 1. The van der Waals surface area contributed by atoms with Gasteiger partial charge >= 0.3 is 0 Å². The van der Waals surface area contributed by atoms with Gasteiger partial charge in [-0.15, -0.1) is 0 Å². The largest absolute Gasteiger partial charge is 0.360 e. The summed E-state index contributed by atoms with van der Waals surface area (Å²) in [6, 6.07) is 14.3. The number of aryl methyl sites for hydroxylation is 1. The van der Waals surface area contributed by atoms with Gasteiger partial charge in [-0.1, -0.05) is 36.4 Å². The third kappa shape index (κ3) is 2.03. The number of aromatic nitrogens is 1. The van der Waals surface area contributed by atoms with Gasteiger partial charge in [-0.3, -0.25) is 9.59 Å². The molecule has 0 amide bonds. The Kier molecular flexibility index (Phi) is 2.95. The van der Waals surface area contributed by atoms with Crippen molar-refractivity contribution in [2.24, 2.45) is 0 Å². The van der Waals surface area contributed by atoms with Gasteiger partial charge in [0.2, 0.25) is 5.43 Å². The van der Waals surface area contributed by atoms with E-state index in [1.807, 2.05) is 25.1 Å². The molecule has 3 rings (SSSR count). The first-order valence-corrected chi connectivity index (χ1v) is 6.38. The van der Waals surface area contributed by atoms with E-state index in [2.05, 4.69) is 4.98 Å². The van der Waals surface area contributed by atoms with E-state index < -0.39 is 0 Å². The summed E-state index contributed by atoms with van der Waals surface area (Å²) in [7, 11) is 0. The molecule has 3 nitrogen and oxygen atoms in total. The van der Waals surface area contributed by atoms with Gasteiger partial charge in [-0.25, -0.2) is 0 Å². The molecule has 0 fully saturated rings. The average Bonchev–Trinajstić information content (AvgIpc) is 2.48. The second kappa shape index (κ2) is 4.78. The van der Waals surface area contributed by atoms with Crippen LogP contribution in [0.2, 0.25) is 0 Å². The molecule has 0 aliphatic carbocycles. The van der Waals surface area contributed by atoms with Gasteiger partial charge in [0.25, 0.3) is 0 Å². The van der Waals surface area contributed by atoms with Gasteiger partial charge in [0.15, 0.2) is 5.78 Å². The topological polar surface area (TPSA) is 49.9 Å². The van der Waals surface area contributed by atoms with Crippen LogP contribution in [0.5, 0.6) is 0 Å². The Bertz CT molecular complexity index is 848. The highest BCUT2D eigenvalue weighted by molar-refractivity contribution is 6.10. The first-order valence-electron chi connectivity index (χ1n) is 6.38. The molecule has 0 spiro atoms. The summed E-state index contributed by atoms with van der Waals surface area (Å²) < 4.78 is 0. The molecular weight excluding hydrogens is 250 g/mol. The second-order valence-corrected chi connectivity index (χ2v) is 4.78. The third-order valence-corrected chi connectivity index (χ3v) is 3.32. The zero-order chi connectivity index (χ0) is 14.1. The number of rotatable bonds is 2. The van der Waals surface area contributed by atoms with Crippen molar-refractivity contribution in [3.63, 3.8) is 0 Å². The van der Waals surface area contributed by atoms with E-state index >= 15 is 0 Å². The van der Waals surface area contributed by atoms with Crippen LogP contribution in [0.1, 0.15) is 21.5 Å². The van der Waals surface area contributed by atoms with Crippen LogP contribution in [0.3, 0.4) is 0 Å². The van der Waals surface area contributed by atoms with Gasteiger partial charge in [-0.2, -0.15) is 0 Å². The number of H-pyrrole nitrogens is 1. The molecule has 0 aliphatic heterocycles. The number of hydrogen-bond acceptors (Lipinski definition) is 2. The lowest BCUT2D eigenvalue weighted by molar-refractivity contribution is 0.103. The van der Waals surface area contributed by atoms with Crippen molar-refractivity contribution < 1.29 is 4.79 Å². The Morgan fingerprint density at radius 3 is 2.55 bits per heavy atom. The summed E-state index contributed by atoms with van der Waals surface area (Å²) >= 11 is 0. The smallest absolute Gasteiger partial charge is 0.200 e. The van der Waals surface area contributed by atoms with Crippen LogP contribution in [-0.4, -0.2) is 10.8 Å². The monoisotopic (exact) mass is 263 g/mol. The highest BCUT2D eigenvalue weighted by Crippen LogP contribution is 2.12. The Hall–Kier alpha value is -2.68. The molecule has 20 heavy (non-hydrogen) atoms. The van der Waals surface area contributed by atoms with Crippen molar-refractivity contribution in [1.82, 2.24) is 4.98 Å². The fourth-order valence-electron chi connectivity index (χ4n) is 2.25. The van der Waals surface area contributed by atoms with Gasteiger partial charge in [0.05, 0.1) is 5.56 Å². The van der Waals surface area contributed by atoms with Crippen LogP contribution in [0, 0.1) is 6.92 Å². The zero-order valence-electron chi connectivity index (χ0n) is 11.0. The van der Waals surface area contributed by atoms with Crippen molar-refractivity contribution in [3.8, 4) is 0 Å². The molecule has 0 bridgehead atoms. The Morgan fingerprint density at radius 1 is 1.05 bits per heavy atom. The molecule has 0 saturated heterocycles. The molecule has 0 aliphatic rings. The minimum atomic E-state index is -0.255. The van der Waals surface area contributed by atoms with E-state index in [4.69, 9.17) is 0 Å². The van der Waals surface area contributed by atoms with Gasteiger partial charge < -0.3 is 4.98 Å². The molecule has 1 N–H and O–H groups in total. The Balaban J connectivity index is 2.19. The number of ketones is 1. The number of benzene rings is 2. The second-order valence-electron chi connectivity index (χ2n) is 4.78. The van der Waals surface area contributed by atoms with Crippen molar-refractivity contribution in [1.29, 1.82) is 0 Å². The molecular formula is C17H13NO2. The molecule has 98 valence electrons.